The van der Waals surface area contributed by atoms with Gasteiger partial charge in [-0.3, -0.25) is 9.69 Å². The Bertz CT molecular complexity index is 382. The molecular weight excluding hydrogens is 210 g/mol. The standard InChI is InChI=1S/C15H21NO/c1-12-5-7-14(8-6-12)10-16-9-3-4-15(11-16)13(2)17/h5-8,15H,3-4,9-11H2,1-2H3. The van der Waals surface area contributed by atoms with Crippen LogP contribution in [-0.4, -0.2) is 23.8 Å². The van der Waals surface area contributed by atoms with Crippen LogP contribution in [0.2, 0.25) is 0 Å². The summed E-state index contributed by atoms with van der Waals surface area (Å²) < 4.78 is 0. The number of Topliss-reactive ketones (excluding diaryl/α,β-unsaturated/α-hetero) is 1. The van der Waals surface area contributed by atoms with Crippen molar-refractivity contribution in [3.8, 4) is 0 Å². The van der Waals surface area contributed by atoms with Gasteiger partial charge >= 0.3 is 0 Å². The lowest BCUT2D eigenvalue weighted by molar-refractivity contribution is -0.122. The molecule has 2 nitrogen and oxygen atoms in total. The zero-order valence-electron chi connectivity index (χ0n) is 10.8. The second-order valence-corrected chi connectivity index (χ2v) is 5.17. The number of ketones is 1. The fourth-order valence-electron chi connectivity index (χ4n) is 2.48. The second-order valence-electron chi connectivity index (χ2n) is 5.17. The molecule has 2 heteroatoms. The maximum atomic E-state index is 11.4. The van der Waals surface area contributed by atoms with Gasteiger partial charge in [0, 0.05) is 19.0 Å². The van der Waals surface area contributed by atoms with Crippen LogP contribution in [0.1, 0.15) is 30.9 Å². The van der Waals surface area contributed by atoms with Gasteiger partial charge in [-0.15, -0.1) is 0 Å². The smallest absolute Gasteiger partial charge is 0.134 e. The first-order chi connectivity index (χ1) is 8.15. The van der Waals surface area contributed by atoms with Gasteiger partial charge in [-0.2, -0.15) is 0 Å². The van der Waals surface area contributed by atoms with Crippen molar-refractivity contribution in [2.24, 2.45) is 5.92 Å². The quantitative estimate of drug-likeness (QED) is 0.797. The molecule has 1 heterocycles. The summed E-state index contributed by atoms with van der Waals surface area (Å²) in [5.74, 6) is 0.604. The number of nitrogens with zero attached hydrogens (tertiary/aromatic N) is 1. The van der Waals surface area contributed by atoms with E-state index in [1.54, 1.807) is 6.92 Å². The topological polar surface area (TPSA) is 20.3 Å². The molecule has 1 atom stereocenters. The fourth-order valence-corrected chi connectivity index (χ4v) is 2.48. The number of likely N-dealkylation sites (tertiary alicyclic amines) is 1. The third kappa shape index (κ3) is 3.40. The Morgan fingerprint density at radius 3 is 2.71 bits per heavy atom. The average molecular weight is 231 g/mol. The Hall–Kier alpha value is -1.15. The van der Waals surface area contributed by atoms with Crippen molar-refractivity contribution < 1.29 is 4.79 Å². The number of piperidine rings is 1. The number of benzene rings is 1. The van der Waals surface area contributed by atoms with Crippen molar-refractivity contribution in [3.05, 3.63) is 35.4 Å². The van der Waals surface area contributed by atoms with Gasteiger partial charge in [0.05, 0.1) is 0 Å². The predicted molar refractivity (Wildman–Crippen MR) is 69.9 cm³/mol. The highest BCUT2D eigenvalue weighted by molar-refractivity contribution is 5.78. The molecular formula is C15H21NO. The first-order valence-corrected chi connectivity index (χ1v) is 6.43. The van der Waals surface area contributed by atoms with E-state index in [2.05, 4.69) is 36.1 Å². The van der Waals surface area contributed by atoms with E-state index in [1.807, 2.05) is 0 Å². The molecule has 1 unspecified atom stereocenters. The maximum absolute atomic E-state index is 11.4. The molecule has 0 N–H and O–H groups in total. The van der Waals surface area contributed by atoms with Crippen molar-refractivity contribution in [2.75, 3.05) is 13.1 Å². The summed E-state index contributed by atoms with van der Waals surface area (Å²) in [4.78, 5) is 13.8. The summed E-state index contributed by atoms with van der Waals surface area (Å²) in [5.41, 5.74) is 2.65. The summed E-state index contributed by atoms with van der Waals surface area (Å²) in [6.45, 7) is 6.86. The zero-order chi connectivity index (χ0) is 12.3. The Morgan fingerprint density at radius 1 is 1.35 bits per heavy atom. The first-order valence-electron chi connectivity index (χ1n) is 6.43. The lowest BCUT2D eigenvalue weighted by Crippen LogP contribution is -2.37. The van der Waals surface area contributed by atoms with Crippen LogP contribution >= 0.6 is 0 Å². The van der Waals surface area contributed by atoms with Crippen LogP contribution < -0.4 is 0 Å². The molecule has 1 saturated heterocycles. The van der Waals surface area contributed by atoms with Crippen molar-refractivity contribution in [3.63, 3.8) is 0 Å². The van der Waals surface area contributed by atoms with Crippen molar-refractivity contribution in [1.82, 2.24) is 4.90 Å². The number of rotatable bonds is 3. The van der Waals surface area contributed by atoms with E-state index in [9.17, 15) is 4.79 Å². The third-order valence-corrected chi connectivity index (χ3v) is 3.61. The van der Waals surface area contributed by atoms with Crippen LogP contribution in [0.3, 0.4) is 0 Å². The zero-order valence-corrected chi connectivity index (χ0v) is 10.8. The van der Waals surface area contributed by atoms with E-state index in [1.165, 1.54) is 11.1 Å². The van der Waals surface area contributed by atoms with E-state index >= 15 is 0 Å². The minimum atomic E-state index is 0.259. The average Bonchev–Trinajstić information content (AvgIpc) is 2.32. The Morgan fingerprint density at radius 2 is 2.06 bits per heavy atom. The van der Waals surface area contributed by atoms with Gasteiger partial charge in [0.15, 0.2) is 0 Å². The molecule has 0 aromatic heterocycles. The Kier molecular flexibility index (Phi) is 3.95. The summed E-state index contributed by atoms with van der Waals surface area (Å²) >= 11 is 0. The van der Waals surface area contributed by atoms with Gasteiger partial charge in [0.25, 0.3) is 0 Å². The molecule has 0 bridgehead atoms. The van der Waals surface area contributed by atoms with E-state index in [0.717, 1.165) is 32.5 Å². The number of hydrogen-bond acceptors (Lipinski definition) is 2. The minimum Gasteiger partial charge on any atom is -0.300 e. The van der Waals surface area contributed by atoms with E-state index in [4.69, 9.17) is 0 Å². The molecule has 1 aromatic rings. The molecule has 1 fully saturated rings. The van der Waals surface area contributed by atoms with E-state index in [-0.39, 0.29) is 5.92 Å². The summed E-state index contributed by atoms with van der Waals surface area (Å²) in [6, 6.07) is 8.68. The minimum absolute atomic E-state index is 0.259. The van der Waals surface area contributed by atoms with Crippen LogP contribution in [0.15, 0.2) is 24.3 Å². The summed E-state index contributed by atoms with van der Waals surface area (Å²) in [7, 11) is 0. The van der Waals surface area contributed by atoms with E-state index < -0.39 is 0 Å². The molecule has 0 saturated carbocycles. The highest BCUT2D eigenvalue weighted by Crippen LogP contribution is 2.19. The highest BCUT2D eigenvalue weighted by Gasteiger charge is 2.22. The van der Waals surface area contributed by atoms with Gasteiger partial charge in [0.2, 0.25) is 0 Å². The molecule has 0 spiro atoms. The van der Waals surface area contributed by atoms with Crippen LogP contribution in [0.5, 0.6) is 0 Å². The molecule has 17 heavy (non-hydrogen) atoms. The molecule has 1 aliphatic heterocycles. The highest BCUT2D eigenvalue weighted by atomic mass is 16.1. The molecule has 2 rings (SSSR count). The van der Waals surface area contributed by atoms with Crippen molar-refractivity contribution in [1.29, 1.82) is 0 Å². The van der Waals surface area contributed by atoms with Crippen LogP contribution in [-0.2, 0) is 11.3 Å². The molecule has 0 amide bonds. The molecule has 1 aliphatic rings. The van der Waals surface area contributed by atoms with Crippen molar-refractivity contribution >= 4 is 5.78 Å². The van der Waals surface area contributed by atoms with Gasteiger partial charge < -0.3 is 0 Å². The van der Waals surface area contributed by atoms with Gasteiger partial charge in [-0.25, -0.2) is 0 Å². The van der Waals surface area contributed by atoms with Crippen LogP contribution in [0.4, 0.5) is 0 Å². The normalized spacial score (nSPS) is 21.4. The number of carbonyl (C=O) groups is 1. The SMILES string of the molecule is CC(=O)C1CCCN(Cc2ccc(C)cc2)C1. The maximum Gasteiger partial charge on any atom is 0.134 e. The summed E-state index contributed by atoms with van der Waals surface area (Å²) in [6.07, 6.45) is 2.22. The van der Waals surface area contributed by atoms with Crippen LogP contribution in [0, 0.1) is 12.8 Å². The fraction of sp³-hybridized carbons (Fsp3) is 0.533. The lowest BCUT2D eigenvalue weighted by atomic mass is 9.94. The molecule has 0 aliphatic carbocycles. The largest absolute Gasteiger partial charge is 0.300 e. The number of carbonyl (C=O) groups excluding carboxylic acids is 1. The van der Waals surface area contributed by atoms with Gasteiger partial charge in [0.1, 0.15) is 5.78 Å². The first kappa shape index (κ1) is 12.3. The molecule has 92 valence electrons. The number of aryl methyl sites for hydroxylation is 1. The Balaban J connectivity index is 1.94. The summed E-state index contributed by atoms with van der Waals surface area (Å²) in [5, 5.41) is 0. The van der Waals surface area contributed by atoms with Crippen LogP contribution in [0.25, 0.3) is 0 Å². The monoisotopic (exact) mass is 231 g/mol. The lowest BCUT2D eigenvalue weighted by Gasteiger charge is -2.31. The van der Waals surface area contributed by atoms with Crippen molar-refractivity contribution in [2.45, 2.75) is 33.2 Å². The number of hydrogen-bond donors (Lipinski definition) is 0. The Labute approximate surface area is 104 Å². The second kappa shape index (κ2) is 5.46. The molecule has 1 aromatic carbocycles. The third-order valence-electron chi connectivity index (χ3n) is 3.61. The van der Waals surface area contributed by atoms with Gasteiger partial charge in [-0.05, 0) is 38.8 Å². The van der Waals surface area contributed by atoms with E-state index in [0.29, 0.717) is 5.78 Å². The molecule has 0 radical (unpaired) electrons. The van der Waals surface area contributed by atoms with Gasteiger partial charge in [-0.1, -0.05) is 29.8 Å². The predicted octanol–water partition coefficient (Wildman–Crippen LogP) is 2.80.